The van der Waals surface area contributed by atoms with E-state index in [4.69, 9.17) is 5.73 Å². The Kier molecular flexibility index (Phi) is 6.10. The first-order chi connectivity index (χ1) is 14.9. The lowest BCUT2D eigenvalue weighted by Crippen LogP contribution is -2.43. The third kappa shape index (κ3) is 4.80. The Hall–Kier alpha value is -3.11. The van der Waals surface area contributed by atoms with Crippen LogP contribution in [0.2, 0.25) is 0 Å². The molecule has 4 nitrogen and oxygen atoms in total. The second-order valence-corrected chi connectivity index (χ2v) is 8.66. The molecule has 1 aliphatic rings. The van der Waals surface area contributed by atoms with Gasteiger partial charge in [0.1, 0.15) is 5.75 Å². The van der Waals surface area contributed by atoms with Crippen LogP contribution >= 0.6 is 0 Å². The number of phenols is 1. The van der Waals surface area contributed by atoms with Crippen molar-refractivity contribution in [1.82, 2.24) is 5.32 Å². The minimum atomic E-state index is -0.626. The molecule has 0 aromatic heterocycles. The average molecular weight is 415 g/mol. The van der Waals surface area contributed by atoms with E-state index in [2.05, 4.69) is 47.8 Å². The zero-order valence-electron chi connectivity index (χ0n) is 18.2. The first kappa shape index (κ1) is 21.1. The first-order valence-electron chi connectivity index (χ1n) is 10.9. The van der Waals surface area contributed by atoms with Gasteiger partial charge in [0.25, 0.3) is 0 Å². The lowest BCUT2D eigenvalue weighted by atomic mass is 9.95. The molecule has 0 aliphatic heterocycles. The lowest BCUT2D eigenvalue weighted by molar-refractivity contribution is -0.123. The molecule has 1 amide bonds. The molecule has 0 saturated carbocycles. The van der Waals surface area contributed by atoms with Crippen LogP contribution in [0, 0.1) is 13.8 Å². The second-order valence-electron chi connectivity index (χ2n) is 8.66. The SMILES string of the molecule is Cc1cc(O)cc(C)c1CC(N)C(=O)NC1CCc2ccc(Cc3ccccc3)cc21. The fourth-order valence-electron chi connectivity index (χ4n) is 4.63. The van der Waals surface area contributed by atoms with E-state index in [0.717, 1.165) is 36.0 Å². The predicted octanol–water partition coefficient (Wildman–Crippen LogP) is 4.27. The molecule has 1 aliphatic carbocycles. The van der Waals surface area contributed by atoms with Gasteiger partial charge in [-0.05, 0) is 90.6 Å². The summed E-state index contributed by atoms with van der Waals surface area (Å²) in [5, 5.41) is 12.9. The molecular weight excluding hydrogens is 384 g/mol. The molecule has 0 radical (unpaired) electrons. The number of nitrogens with one attached hydrogen (secondary N) is 1. The van der Waals surface area contributed by atoms with Crippen LogP contribution < -0.4 is 11.1 Å². The third-order valence-corrected chi connectivity index (χ3v) is 6.30. The number of aryl methyl sites for hydroxylation is 3. The van der Waals surface area contributed by atoms with Crippen molar-refractivity contribution in [1.29, 1.82) is 0 Å². The van der Waals surface area contributed by atoms with Crippen molar-refractivity contribution >= 4 is 5.91 Å². The fraction of sp³-hybridized carbons (Fsp3) is 0.296. The lowest BCUT2D eigenvalue weighted by Gasteiger charge is -2.20. The summed E-state index contributed by atoms with van der Waals surface area (Å²) in [7, 11) is 0. The number of rotatable bonds is 6. The maximum absolute atomic E-state index is 12.9. The summed E-state index contributed by atoms with van der Waals surface area (Å²) >= 11 is 0. The van der Waals surface area contributed by atoms with Gasteiger partial charge in [0, 0.05) is 0 Å². The van der Waals surface area contributed by atoms with E-state index in [1.807, 2.05) is 19.9 Å². The second kappa shape index (κ2) is 8.94. The van der Waals surface area contributed by atoms with E-state index in [1.54, 1.807) is 12.1 Å². The van der Waals surface area contributed by atoms with Crippen LogP contribution in [-0.2, 0) is 24.1 Å². The summed E-state index contributed by atoms with van der Waals surface area (Å²) in [5.41, 5.74) is 14.3. The maximum atomic E-state index is 12.9. The normalized spacial score (nSPS) is 16.0. The molecule has 31 heavy (non-hydrogen) atoms. The smallest absolute Gasteiger partial charge is 0.237 e. The van der Waals surface area contributed by atoms with E-state index in [9.17, 15) is 9.90 Å². The number of hydrogen-bond donors (Lipinski definition) is 3. The number of fused-ring (bicyclic) bond motifs is 1. The Morgan fingerprint density at radius 1 is 1.06 bits per heavy atom. The van der Waals surface area contributed by atoms with Crippen molar-refractivity contribution in [3.63, 3.8) is 0 Å². The number of carbonyl (C=O) groups excluding carboxylic acids is 1. The molecule has 4 rings (SSSR count). The quantitative estimate of drug-likeness (QED) is 0.564. The van der Waals surface area contributed by atoms with Crippen molar-refractivity contribution < 1.29 is 9.90 Å². The van der Waals surface area contributed by atoms with Crippen LogP contribution in [0.25, 0.3) is 0 Å². The highest BCUT2D eigenvalue weighted by Gasteiger charge is 2.26. The van der Waals surface area contributed by atoms with Crippen LogP contribution in [-0.4, -0.2) is 17.1 Å². The molecule has 2 unspecified atom stereocenters. The number of benzene rings is 3. The molecule has 0 heterocycles. The van der Waals surface area contributed by atoms with Crippen LogP contribution in [0.15, 0.2) is 60.7 Å². The van der Waals surface area contributed by atoms with Crippen LogP contribution in [0.1, 0.15) is 51.4 Å². The Morgan fingerprint density at radius 2 is 1.77 bits per heavy atom. The van der Waals surface area contributed by atoms with Crippen molar-refractivity contribution in [2.45, 2.75) is 51.6 Å². The molecule has 0 bridgehead atoms. The minimum absolute atomic E-state index is 0.00582. The molecule has 2 atom stereocenters. The monoisotopic (exact) mass is 414 g/mol. The summed E-state index contributed by atoms with van der Waals surface area (Å²) in [4.78, 5) is 12.9. The minimum Gasteiger partial charge on any atom is -0.508 e. The number of hydrogen-bond acceptors (Lipinski definition) is 3. The Bertz CT molecular complexity index is 1070. The molecule has 3 aromatic carbocycles. The summed E-state index contributed by atoms with van der Waals surface area (Å²) in [5.74, 6) is 0.115. The first-order valence-corrected chi connectivity index (χ1v) is 10.9. The molecule has 3 aromatic rings. The van der Waals surface area contributed by atoms with Gasteiger partial charge in [0.2, 0.25) is 5.91 Å². The van der Waals surface area contributed by atoms with Gasteiger partial charge in [-0.2, -0.15) is 0 Å². The zero-order chi connectivity index (χ0) is 22.0. The molecule has 4 heteroatoms. The van der Waals surface area contributed by atoms with Gasteiger partial charge in [-0.15, -0.1) is 0 Å². The van der Waals surface area contributed by atoms with Gasteiger partial charge in [-0.3, -0.25) is 4.79 Å². The highest BCUT2D eigenvalue weighted by molar-refractivity contribution is 5.82. The molecule has 0 spiro atoms. The van der Waals surface area contributed by atoms with Crippen LogP contribution in [0.3, 0.4) is 0 Å². The van der Waals surface area contributed by atoms with Gasteiger partial charge in [0.15, 0.2) is 0 Å². The molecular formula is C27H30N2O2. The average Bonchev–Trinajstić information content (AvgIpc) is 3.13. The van der Waals surface area contributed by atoms with Gasteiger partial charge in [-0.1, -0.05) is 48.5 Å². The largest absolute Gasteiger partial charge is 0.508 e. The number of nitrogens with two attached hydrogens (primary N) is 1. The zero-order valence-corrected chi connectivity index (χ0v) is 18.2. The van der Waals surface area contributed by atoms with E-state index in [0.29, 0.717) is 6.42 Å². The van der Waals surface area contributed by atoms with Gasteiger partial charge in [-0.25, -0.2) is 0 Å². The maximum Gasteiger partial charge on any atom is 0.237 e. The Labute approximate surface area is 184 Å². The standard InChI is InChI=1S/C27H30N2O2/c1-17-12-22(30)13-18(2)23(17)16-25(28)27(31)29-26-11-10-21-9-8-20(15-24(21)26)14-19-6-4-3-5-7-19/h3-9,12-13,15,25-26,30H,10-11,14,16,28H2,1-2H3,(H,29,31). The van der Waals surface area contributed by atoms with E-state index in [-0.39, 0.29) is 17.7 Å². The Balaban J connectivity index is 1.45. The van der Waals surface area contributed by atoms with Crippen molar-refractivity contribution in [3.8, 4) is 5.75 Å². The molecule has 0 saturated heterocycles. The summed E-state index contributed by atoms with van der Waals surface area (Å²) in [6, 6.07) is 19.9. The number of phenolic OH excluding ortho intramolecular Hbond substituents is 1. The van der Waals surface area contributed by atoms with Crippen molar-refractivity contribution in [3.05, 3.63) is 99.6 Å². The van der Waals surface area contributed by atoms with E-state index < -0.39 is 6.04 Å². The summed E-state index contributed by atoms with van der Waals surface area (Å²) in [6.45, 7) is 3.88. The third-order valence-electron chi connectivity index (χ3n) is 6.30. The van der Waals surface area contributed by atoms with Gasteiger partial charge >= 0.3 is 0 Å². The van der Waals surface area contributed by atoms with Gasteiger partial charge < -0.3 is 16.2 Å². The van der Waals surface area contributed by atoms with E-state index >= 15 is 0 Å². The number of carbonyl (C=O) groups is 1. The molecule has 4 N–H and O–H groups in total. The summed E-state index contributed by atoms with van der Waals surface area (Å²) in [6.07, 6.45) is 3.21. The topological polar surface area (TPSA) is 75.3 Å². The highest BCUT2D eigenvalue weighted by Crippen LogP contribution is 2.32. The summed E-state index contributed by atoms with van der Waals surface area (Å²) < 4.78 is 0. The fourth-order valence-corrected chi connectivity index (χ4v) is 4.63. The number of amides is 1. The molecule has 0 fully saturated rings. The van der Waals surface area contributed by atoms with Crippen LogP contribution in [0.5, 0.6) is 5.75 Å². The Morgan fingerprint density at radius 3 is 2.48 bits per heavy atom. The number of aromatic hydroxyl groups is 1. The van der Waals surface area contributed by atoms with Gasteiger partial charge in [0.05, 0.1) is 12.1 Å². The van der Waals surface area contributed by atoms with Crippen LogP contribution in [0.4, 0.5) is 0 Å². The highest BCUT2D eigenvalue weighted by atomic mass is 16.3. The predicted molar refractivity (Wildman–Crippen MR) is 124 cm³/mol. The van der Waals surface area contributed by atoms with E-state index in [1.165, 1.54) is 22.3 Å². The molecule has 160 valence electrons. The van der Waals surface area contributed by atoms with Crippen molar-refractivity contribution in [2.24, 2.45) is 5.73 Å². The van der Waals surface area contributed by atoms with Crippen molar-refractivity contribution in [2.75, 3.05) is 0 Å².